The molecule has 0 unspecified atom stereocenters. The number of halogens is 1. The second-order valence-electron chi connectivity index (χ2n) is 6.95. The van der Waals surface area contributed by atoms with Crippen molar-refractivity contribution in [1.82, 2.24) is 0 Å². The fraction of sp³-hybridized carbons (Fsp3) is 0.120. The molecule has 0 atom stereocenters. The SMILES string of the molecule is COC(=O)COc1ccc(NC(=O)Cc2ccc(Oc3cc(C#N)cc(C#N)c3)c(Cl)c2)cc1. The van der Waals surface area contributed by atoms with Gasteiger partial charge in [-0.05, 0) is 60.2 Å². The normalized spacial score (nSPS) is 9.88. The van der Waals surface area contributed by atoms with E-state index in [9.17, 15) is 9.59 Å². The molecule has 1 amide bonds. The zero-order valence-electron chi connectivity index (χ0n) is 18.0. The van der Waals surface area contributed by atoms with Gasteiger partial charge < -0.3 is 19.5 Å². The number of rotatable bonds is 8. The number of nitrogens with one attached hydrogen (secondary N) is 1. The molecular weight excluding hydrogens is 458 g/mol. The van der Waals surface area contributed by atoms with Crippen molar-refractivity contribution in [3.8, 4) is 29.4 Å². The van der Waals surface area contributed by atoms with Crippen molar-refractivity contribution in [2.75, 3.05) is 19.0 Å². The number of nitriles is 2. The van der Waals surface area contributed by atoms with Crippen LogP contribution < -0.4 is 14.8 Å². The van der Waals surface area contributed by atoms with Crippen molar-refractivity contribution >= 4 is 29.2 Å². The second-order valence-corrected chi connectivity index (χ2v) is 7.36. The number of anilines is 1. The Kier molecular flexibility index (Phi) is 8.07. The minimum Gasteiger partial charge on any atom is -0.482 e. The number of hydrogen-bond acceptors (Lipinski definition) is 7. The molecule has 170 valence electrons. The first-order valence-corrected chi connectivity index (χ1v) is 10.3. The number of carbonyl (C=O) groups excluding carboxylic acids is 2. The van der Waals surface area contributed by atoms with Gasteiger partial charge in [0, 0.05) is 5.69 Å². The van der Waals surface area contributed by atoms with E-state index in [0.717, 1.165) is 0 Å². The third-order valence-corrected chi connectivity index (χ3v) is 4.77. The molecule has 0 spiro atoms. The van der Waals surface area contributed by atoms with Crippen molar-refractivity contribution < 1.29 is 23.8 Å². The summed E-state index contributed by atoms with van der Waals surface area (Å²) in [6.45, 7) is -0.202. The molecule has 3 rings (SSSR count). The summed E-state index contributed by atoms with van der Waals surface area (Å²) in [5, 5.41) is 21.2. The Labute approximate surface area is 200 Å². The van der Waals surface area contributed by atoms with Crippen LogP contribution in [0, 0.1) is 22.7 Å². The van der Waals surface area contributed by atoms with Crippen molar-refractivity contribution in [1.29, 1.82) is 10.5 Å². The molecule has 0 aromatic heterocycles. The van der Waals surface area contributed by atoms with E-state index in [-0.39, 0.29) is 24.0 Å². The van der Waals surface area contributed by atoms with Crippen LogP contribution in [0.1, 0.15) is 16.7 Å². The van der Waals surface area contributed by atoms with Crippen LogP contribution in [0.15, 0.2) is 60.7 Å². The molecule has 34 heavy (non-hydrogen) atoms. The summed E-state index contributed by atoms with van der Waals surface area (Å²) in [5.41, 5.74) is 1.81. The number of benzene rings is 3. The first-order chi connectivity index (χ1) is 16.4. The average molecular weight is 476 g/mol. The van der Waals surface area contributed by atoms with Gasteiger partial charge in [-0.15, -0.1) is 0 Å². The third-order valence-electron chi connectivity index (χ3n) is 4.48. The molecule has 0 aliphatic carbocycles. The van der Waals surface area contributed by atoms with Gasteiger partial charge in [0.15, 0.2) is 6.61 Å². The molecule has 0 aliphatic heterocycles. The zero-order valence-corrected chi connectivity index (χ0v) is 18.8. The number of amides is 1. The lowest BCUT2D eigenvalue weighted by Gasteiger charge is -2.11. The van der Waals surface area contributed by atoms with Gasteiger partial charge in [-0.3, -0.25) is 4.79 Å². The van der Waals surface area contributed by atoms with Gasteiger partial charge in [-0.1, -0.05) is 17.7 Å². The Bertz CT molecular complexity index is 1260. The first kappa shape index (κ1) is 24.1. The van der Waals surface area contributed by atoms with Crippen LogP contribution in [0.4, 0.5) is 5.69 Å². The van der Waals surface area contributed by atoms with Crippen LogP contribution in [0.25, 0.3) is 0 Å². The number of esters is 1. The van der Waals surface area contributed by atoms with Crippen molar-refractivity contribution in [2.24, 2.45) is 0 Å². The molecule has 3 aromatic carbocycles. The topological polar surface area (TPSA) is 121 Å². The van der Waals surface area contributed by atoms with E-state index >= 15 is 0 Å². The van der Waals surface area contributed by atoms with E-state index in [4.69, 9.17) is 31.6 Å². The predicted octanol–water partition coefficient (Wildman–Crippen LogP) is 4.61. The van der Waals surface area contributed by atoms with Crippen LogP contribution in [-0.4, -0.2) is 25.6 Å². The Morgan fingerprint density at radius 2 is 1.62 bits per heavy atom. The number of carbonyl (C=O) groups is 2. The summed E-state index contributed by atoms with van der Waals surface area (Å²) in [4.78, 5) is 23.5. The summed E-state index contributed by atoms with van der Waals surface area (Å²) < 4.78 is 15.5. The summed E-state index contributed by atoms with van der Waals surface area (Å²) >= 11 is 6.32. The minimum absolute atomic E-state index is 0.0725. The summed E-state index contributed by atoms with van der Waals surface area (Å²) in [7, 11) is 1.28. The maximum absolute atomic E-state index is 12.4. The van der Waals surface area contributed by atoms with E-state index < -0.39 is 5.97 Å². The van der Waals surface area contributed by atoms with Crippen molar-refractivity contribution in [3.05, 3.63) is 82.4 Å². The zero-order chi connectivity index (χ0) is 24.5. The van der Waals surface area contributed by atoms with Gasteiger partial charge in [0.1, 0.15) is 17.2 Å². The predicted molar refractivity (Wildman–Crippen MR) is 124 cm³/mol. The standard InChI is InChI=1S/C25H18ClN3O5/c1-32-25(31)15-33-20-5-3-19(4-6-20)29-24(30)12-16-2-7-23(22(26)11-16)34-21-9-17(13-27)8-18(10-21)14-28/h2-11H,12,15H2,1H3,(H,29,30). The van der Waals surface area contributed by atoms with Gasteiger partial charge in [-0.2, -0.15) is 10.5 Å². The molecule has 0 radical (unpaired) electrons. The van der Waals surface area contributed by atoms with Gasteiger partial charge in [0.25, 0.3) is 0 Å². The summed E-state index contributed by atoms with van der Waals surface area (Å²) in [5.74, 6) is 0.353. The fourth-order valence-corrected chi connectivity index (χ4v) is 3.12. The maximum atomic E-state index is 12.4. The average Bonchev–Trinajstić information content (AvgIpc) is 2.84. The Hall–Kier alpha value is -4.53. The molecule has 0 aliphatic rings. The molecular formula is C25H18ClN3O5. The van der Waals surface area contributed by atoms with Crippen LogP contribution >= 0.6 is 11.6 Å². The van der Waals surface area contributed by atoms with Gasteiger partial charge in [0.2, 0.25) is 5.91 Å². The summed E-state index contributed by atoms with van der Waals surface area (Å²) in [6, 6.07) is 19.9. The van der Waals surface area contributed by atoms with Gasteiger partial charge >= 0.3 is 5.97 Å². The van der Waals surface area contributed by atoms with Gasteiger partial charge in [0.05, 0.1) is 41.8 Å². The number of hydrogen-bond donors (Lipinski definition) is 1. The minimum atomic E-state index is -0.491. The van der Waals surface area contributed by atoms with Crippen LogP contribution in [-0.2, 0) is 20.7 Å². The molecule has 0 saturated carbocycles. The quantitative estimate of drug-likeness (QED) is 0.472. The molecule has 0 saturated heterocycles. The number of ether oxygens (including phenoxy) is 3. The lowest BCUT2D eigenvalue weighted by Crippen LogP contribution is -2.14. The third kappa shape index (κ3) is 6.73. The highest BCUT2D eigenvalue weighted by Gasteiger charge is 2.10. The smallest absolute Gasteiger partial charge is 0.343 e. The summed E-state index contributed by atoms with van der Waals surface area (Å²) in [6.07, 6.45) is 0.0725. The highest BCUT2D eigenvalue weighted by Crippen LogP contribution is 2.31. The van der Waals surface area contributed by atoms with Crippen LogP contribution in [0.5, 0.6) is 17.2 Å². The maximum Gasteiger partial charge on any atom is 0.343 e. The number of methoxy groups -OCH3 is 1. The van der Waals surface area contributed by atoms with Crippen molar-refractivity contribution in [3.63, 3.8) is 0 Å². The molecule has 0 heterocycles. The largest absolute Gasteiger partial charge is 0.482 e. The lowest BCUT2D eigenvalue weighted by molar-refractivity contribution is -0.142. The van der Waals surface area contributed by atoms with E-state index in [1.54, 1.807) is 42.5 Å². The van der Waals surface area contributed by atoms with Crippen molar-refractivity contribution in [2.45, 2.75) is 6.42 Å². The lowest BCUT2D eigenvalue weighted by atomic mass is 10.1. The second kappa shape index (κ2) is 11.4. The van der Waals surface area contributed by atoms with E-state index in [1.807, 2.05) is 12.1 Å². The molecule has 9 heteroatoms. The monoisotopic (exact) mass is 475 g/mol. The molecule has 1 N–H and O–H groups in total. The molecule has 0 fully saturated rings. The van der Waals surface area contributed by atoms with E-state index in [2.05, 4.69) is 10.1 Å². The first-order valence-electron chi connectivity index (χ1n) is 9.91. The molecule has 3 aromatic rings. The van der Waals surface area contributed by atoms with E-state index in [1.165, 1.54) is 25.3 Å². The Morgan fingerprint density at radius 3 is 2.21 bits per heavy atom. The highest BCUT2D eigenvalue weighted by atomic mass is 35.5. The molecule has 0 bridgehead atoms. The van der Waals surface area contributed by atoms with Gasteiger partial charge in [-0.25, -0.2) is 4.79 Å². The van der Waals surface area contributed by atoms with Crippen LogP contribution in [0.2, 0.25) is 5.02 Å². The molecule has 8 nitrogen and oxygen atoms in total. The van der Waals surface area contributed by atoms with E-state index in [0.29, 0.717) is 39.6 Å². The van der Waals surface area contributed by atoms with Crippen LogP contribution in [0.3, 0.4) is 0 Å². The Morgan fingerprint density at radius 1 is 0.941 bits per heavy atom. The fourth-order valence-electron chi connectivity index (χ4n) is 2.88. The Balaban J connectivity index is 1.60. The number of nitrogens with zero attached hydrogens (tertiary/aromatic N) is 2. The highest BCUT2D eigenvalue weighted by molar-refractivity contribution is 6.32.